The van der Waals surface area contributed by atoms with Crippen LogP contribution in [0.5, 0.6) is 5.75 Å². The Morgan fingerprint density at radius 2 is 2.15 bits per heavy atom. The molecular formula is C20H21N3O4. The number of ether oxygens (including phenoxy) is 1. The van der Waals surface area contributed by atoms with Crippen molar-refractivity contribution in [3.05, 3.63) is 59.4 Å². The van der Waals surface area contributed by atoms with E-state index < -0.39 is 0 Å². The Morgan fingerprint density at radius 1 is 1.37 bits per heavy atom. The minimum atomic E-state index is -0.250. The highest BCUT2D eigenvalue weighted by Crippen LogP contribution is 2.29. The zero-order valence-corrected chi connectivity index (χ0v) is 15.2. The lowest BCUT2D eigenvalue weighted by Gasteiger charge is -2.07. The largest absolute Gasteiger partial charge is 0.490 e. The van der Waals surface area contributed by atoms with Crippen LogP contribution < -0.4 is 10.1 Å². The molecule has 0 spiro atoms. The lowest BCUT2D eigenvalue weighted by molar-refractivity contribution is -0.122. The summed E-state index contributed by atoms with van der Waals surface area (Å²) in [5.74, 6) is 0.789. The van der Waals surface area contributed by atoms with Gasteiger partial charge in [0.1, 0.15) is 23.2 Å². The highest BCUT2D eigenvalue weighted by Gasteiger charge is 2.19. The Bertz CT molecular complexity index is 981. The van der Waals surface area contributed by atoms with Gasteiger partial charge in [-0.25, -0.2) is 4.98 Å². The summed E-state index contributed by atoms with van der Waals surface area (Å²) in [4.78, 5) is 25.2. The van der Waals surface area contributed by atoms with Crippen LogP contribution in [0.1, 0.15) is 28.5 Å². The van der Waals surface area contributed by atoms with Gasteiger partial charge in [-0.2, -0.15) is 0 Å². The van der Waals surface area contributed by atoms with Crippen LogP contribution in [0.4, 0.5) is 0 Å². The number of nitrogens with zero attached hydrogens (tertiary/aromatic N) is 2. The fourth-order valence-corrected chi connectivity index (χ4v) is 3.12. The van der Waals surface area contributed by atoms with Gasteiger partial charge in [0.05, 0.1) is 0 Å². The standard InChI is InChI=1S/C19H19N3O2.CH2O2/c1-12-9-15-10-13(3-6-17(15)24-12)11-20-19(23)16-5-4-14-7-8-22(2)18(14)21-16;2-1-3/h3-8,10,12H,9,11H2,1-2H3,(H,20,23);1H,(H,2,3). The summed E-state index contributed by atoms with van der Waals surface area (Å²) >= 11 is 0. The zero-order chi connectivity index (χ0) is 19.4. The molecule has 0 bridgehead atoms. The maximum Gasteiger partial charge on any atom is 0.290 e. The Balaban J connectivity index is 0.000000659. The topological polar surface area (TPSA) is 93.5 Å². The van der Waals surface area contributed by atoms with Gasteiger partial charge in [0.2, 0.25) is 0 Å². The molecule has 0 radical (unpaired) electrons. The van der Waals surface area contributed by atoms with Crippen molar-refractivity contribution in [2.24, 2.45) is 7.05 Å². The van der Waals surface area contributed by atoms with Crippen molar-refractivity contribution < 1.29 is 19.4 Å². The Hall–Kier alpha value is -3.35. The highest BCUT2D eigenvalue weighted by molar-refractivity contribution is 5.94. The molecule has 140 valence electrons. The van der Waals surface area contributed by atoms with Crippen LogP contribution in [-0.2, 0) is 24.8 Å². The molecule has 1 aliphatic rings. The molecule has 7 nitrogen and oxygen atoms in total. The van der Waals surface area contributed by atoms with Gasteiger partial charge in [0.25, 0.3) is 12.4 Å². The monoisotopic (exact) mass is 367 g/mol. The molecule has 0 aliphatic carbocycles. The number of fused-ring (bicyclic) bond motifs is 2. The lowest BCUT2D eigenvalue weighted by Crippen LogP contribution is -2.23. The molecular weight excluding hydrogens is 346 g/mol. The minimum absolute atomic E-state index is 0.164. The minimum Gasteiger partial charge on any atom is -0.490 e. The third-order valence-corrected chi connectivity index (χ3v) is 4.36. The highest BCUT2D eigenvalue weighted by atomic mass is 16.5. The van der Waals surface area contributed by atoms with Gasteiger partial charge in [-0.1, -0.05) is 12.1 Å². The van der Waals surface area contributed by atoms with E-state index in [1.807, 2.05) is 42.1 Å². The van der Waals surface area contributed by atoms with Gasteiger partial charge in [-0.15, -0.1) is 0 Å². The maximum atomic E-state index is 12.4. The molecule has 1 aromatic carbocycles. The lowest BCUT2D eigenvalue weighted by atomic mass is 10.1. The van der Waals surface area contributed by atoms with Crippen LogP contribution in [-0.4, -0.2) is 33.1 Å². The average molecular weight is 367 g/mol. The summed E-state index contributed by atoms with van der Waals surface area (Å²) in [6.07, 6.45) is 3.08. The van der Waals surface area contributed by atoms with E-state index in [0.29, 0.717) is 12.2 Å². The average Bonchev–Trinajstić information content (AvgIpc) is 3.21. The molecule has 1 aliphatic heterocycles. The number of carbonyl (C=O) groups excluding carboxylic acids is 1. The van der Waals surface area contributed by atoms with Crippen molar-refractivity contribution in [3.63, 3.8) is 0 Å². The van der Waals surface area contributed by atoms with E-state index in [0.717, 1.165) is 28.8 Å². The smallest absolute Gasteiger partial charge is 0.290 e. The molecule has 2 N–H and O–H groups in total. The number of carboxylic acid groups (broad SMARTS) is 1. The predicted octanol–water partition coefficient (Wildman–Crippen LogP) is 2.53. The van der Waals surface area contributed by atoms with Crippen LogP contribution in [0.2, 0.25) is 0 Å². The van der Waals surface area contributed by atoms with Gasteiger partial charge >= 0.3 is 0 Å². The summed E-state index contributed by atoms with van der Waals surface area (Å²) in [6, 6.07) is 11.7. The number of carbonyl (C=O) groups is 2. The second kappa shape index (κ2) is 7.90. The SMILES string of the molecule is CC1Cc2cc(CNC(=O)c3ccc4ccn(C)c4n3)ccc2O1.O=CO. The van der Waals surface area contributed by atoms with Gasteiger partial charge in [0.15, 0.2) is 0 Å². The molecule has 1 unspecified atom stereocenters. The zero-order valence-electron chi connectivity index (χ0n) is 15.2. The number of hydrogen-bond acceptors (Lipinski definition) is 4. The first-order chi connectivity index (χ1) is 13.0. The van der Waals surface area contributed by atoms with Crippen molar-refractivity contribution in [2.75, 3.05) is 0 Å². The molecule has 1 amide bonds. The number of amides is 1. The molecule has 7 heteroatoms. The van der Waals surface area contributed by atoms with Crippen LogP contribution in [0.3, 0.4) is 0 Å². The molecule has 3 heterocycles. The van der Waals surface area contributed by atoms with E-state index in [1.165, 1.54) is 5.56 Å². The summed E-state index contributed by atoms with van der Waals surface area (Å²) < 4.78 is 7.61. The molecule has 0 saturated carbocycles. The molecule has 0 fully saturated rings. The van der Waals surface area contributed by atoms with Gasteiger partial charge in [-0.05, 0) is 42.3 Å². The normalized spacial score (nSPS) is 14.7. The first-order valence-electron chi connectivity index (χ1n) is 8.58. The van der Waals surface area contributed by atoms with E-state index in [-0.39, 0.29) is 18.5 Å². The molecule has 3 aromatic rings. The first-order valence-corrected chi connectivity index (χ1v) is 8.58. The molecule has 0 saturated heterocycles. The number of rotatable bonds is 3. The van der Waals surface area contributed by atoms with E-state index in [4.69, 9.17) is 14.6 Å². The number of pyridine rings is 1. The van der Waals surface area contributed by atoms with Crippen molar-refractivity contribution in [2.45, 2.75) is 26.0 Å². The van der Waals surface area contributed by atoms with Gasteiger partial charge in [0, 0.05) is 31.6 Å². The Labute approximate surface area is 156 Å². The third-order valence-electron chi connectivity index (χ3n) is 4.36. The first kappa shape index (κ1) is 18.4. The number of benzene rings is 1. The summed E-state index contributed by atoms with van der Waals surface area (Å²) in [5.41, 5.74) is 3.52. The predicted molar refractivity (Wildman–Crippen MR) is 101 cm³/mol. The fourth-order valence-electron chi connectivity index (χ4n) is 3.12. The van der Waals surface area contributed by atoms with E-state index in [1.54, 1.807) is 6.07 Å². The second-order valence-electron chi connectivity index (χ2n) is 6.40. The third kappa shape index (κ3) is 4.08. The summed E-state index contributed by atoms with van der Waals surface area (Å²) in [6.45, 7) is 2.29. The van der Waals surface area contributed by atoms with E-state index in [2.05, 4.69) is 23.3 Å². The van der Waals surface area contributed by atoms with Crippen molar-refractivity contribution in [1.82, 2.24) is 14.9 Å². The quantitative estimate of drug-likeness (QED) is 0.694. The van der Waals surface area contributed by atoms with Gasteiger partial charge in [-0.3, -0.25) is 9.59 Å². The van der Waals surface area contributed by atoms with Gasteiger partial charge < -0.3 is 19.7 Å². The number of aromatic nitrogens is 2. The number of hydrogen-bond donors (Lipinski definition) is 2. The van der Waals surface area contributed by atoms with Crippen LogP contribution >= 0.6 is 0 Å². The van der Waals surface area contributed by atoms with E-state index >= 15 is 0 Å². The van der Waals surface area contributed by atoms with E-state index in [9.17, 15) is 4.79 Å². The van der Waals surface area contributed by atoms with Crippen molar-refractivity contribution >= 4 is 23.4 Å². The number of aryl methyl sites for hydroxylation is 1. The summed E-state index contributed by atoms with van der Waals surface area (Å²) in [7, 11) is 1.92. The number of nitrogens with one attached hydrogen (secondary N) is 1. The maximum absolute atomic E-state index is 12.4. The van der Waals surface area contributed by atoms with Crippen molar-refractivity contribution in [3.8, 4) is 5.75 Å². The molecule has 1 atom stereocenters. The van der Waals surface area contributed by atoms with Crippen LogP contribution in [0.25, 0.3) is 11.0 Å². The summed E-state index contributed by atoms with van der Waals surface area (Å²) in [5, 5.41) is 10.9. The molecule has 2 aromatic heterocycles. The second-order valence-corrected chi connectivity index (χ2v) is 6.40. The Morgan fingerprint density at radius 3 is 2.93 bits per heavy atom. The molecule has 4 rings (SSSR count). The van der Waals surface area contributed by atoms with Crippen LogP contribution in [0.15, 0.2) is 42.6 Å². The Kier molecular flexibility index (Phi) is 5.40. The van der Waals surface area contributed by atoms with Crippen molar-refractivity contribution in [1.29, 1.82) is 0 Å². The molecule has 27 heavy (non-hydrogen) atoms. The van der Waals surface area contributed by atoms with Crippen LogP contribution in [0, 0.1) is 0 Å². The fraction of sp³-hybridized carbons (Fsp3) is 0.250.